The summed E-state index contributed by atoms with van der Waals surface area (Å²) < 4.78 is 11.7. The minimum atomic E-state index is -0.439. The van der Waals surface area contributed by atoms with Gasteiger partial charge < -0.3 is 36.1 Å². The second-order valence-corrected chi connectivity index (χ2v) is 21.6. The van der Waals surface area contributed by atoms with E-state index in [4.69, 9.17) is 9.47 Å². The summed E-state index contributed by atoms with van der Waals surface area (Å²) >= 11 is 0. The zero-order valence-electron chi connectivity index (χ0n) is 42.4. The van der Waals surface area contributed by atoms with Crippen molar-refractivity contribution in [1.82, 2.24) is 26.6 Å². The van der Waals surface area contributed by atoms with Gasteiger partial charge in [-0.2, -0.15) is 0 Å². The number of unbranched alkanes of at least 4 members (excludes halogenated alkanes) is 5. The maximum absolute atomic E-state index is 13.6. The third-order valence-electron chi connectivity index (χ3n) is 16.8. The number of rotatable bonds is 25. The maximum Gasteiger partial charge on any atom is 0.412 e. The Morgan fingerprint density at radius 1 is 0.537 bits per heavy atom. The number of hydrogen-bond donors (Lipinski definition) is 5. The van der Waals surface area contributed by atoms with Crippen molar-refractivity contribution in [3.63, 3.8) is 0 Å². The number of carbonyl (C=O) groups is 4. The van der Waals surface area contributed by atoms with Crippen LogP contribution in [-0.2, 0) is 38.1 Å². The van der Waals surface area contributed by atoms with Gasteiger partial charge in [-0.15, -0.1) is 0 Å². The van der Waals surface area contributed by atoms with Gasteiger partial charge in [0.05, 0.1) is 10.8 Å². The van der Waals surface area contributed by atoms with Gasteiger partial charge in [-0.3, -0.25) is 14.4 Å². The van der Waals surface area contributed by atoms with Gasteiger partial charge >= 0.3 is 12.1 Å². The number of carbonyl (C=O) groups excluding carboxylic acids is 4. The lowest BCUT2D eigenvalue weighted by Crippen LogP contribution is -2.55. The van der Waals surface area contributed by atoms with Gasteiger partial charge in [0.15, 0.2) is 0 Å². The summed E-state index contributed by atoms with van der Waals surface area (Å²) in [4.78, 5) is 52.9. The Kier molecular flexibility index (Phi) is 19.2. The predicted molar refractivity (Wildman–Crippen MR) is 269 cm³/mol. The highest BCUT2D eigenvalue weighted by atomic mass is 16.6. The number of esters is 1. The van der Waals surface area contributed by atoms with Crippen molar-refractivity contribution in [3.8, 4) is 11.5 Å². The maximum atomic E-state index is 13.6. The molecule has 6 atom stereocenters. The molecule has 0 radical (unpaired) electrons. The first-order valence-corrected chi connectivity index (χ1v) is 26.7. The largest absolute Gasteiger partial charge is 0.427 e. The van der Waals surface area contributed by atoms with E-state index in [-0.39, 0.29) is 40.4 Å². The molecule has 0 bridgehead atoms. The van der Waals surface area contributed by atoms with Crippen LogP contribution >= 0.6 is 0 Å². The predicted octanol–water partition coefficient (Wildman–Crippen LogP) is 10.1. The quantitative estimate of drug-likeness (QED) is 0.0376. The van der Waals surface area contributed by atoms with Crippen molar-refractivity contribution < 1.29 is 28.7 Å². The highest BCUT2D eigenvalue weighted by Gasteiger charge is 2.56. The second-order valence-electron chi connectivity index (χ2n) is 21.6. The first-order chi connectivity index (χ1) is 32.3. The molecule has 0 unspecified atom stereocenters. The van der Waals surface area contributed by atoms with E-state index in [1.54, 1.807) is 0 Å². The monoisotopic (exact) mass is 926 g/mol. The van der Waals surface area contributed by atoms with Crippen molar-refractivity contribution in [2.75, 3.05) is 45.8 Å². The lowest BCUT2D eigenvalue weighted by molar-refractivity contribution is -0.139. The fourth-order valence-electron chi connectivity index (χ4n) is 12.9. The molecule has 0 aliphatic heterocycles. The van der Waals surface area contributed by atoms with Crippen LogP contribution in [0.4, 0.5) is 4.79 Å². The third kappa shape index (κ3) is 12.8. The van der Waals surface area contributed by atoms with Crippen molar-refractivity contribution in [3.05, 3.63) is 58.7 Å². The Bertz CT molecular complexity index is 1840. The molecule has 4 aliphatic rings. The summed E-state index contributed by atoms with van der Waals surface area (Å²) in [6, 6.07) is 12.3. The lowest BCUT2D eigenvalue weighted by Gasteiger charge is -2.54. The number of hydrogen-bond acceptors (Lipinski definition) is 8. The van der Waals surface area contributed by atoms with E-state index in [0.29, 0.717) is 30.9 Å². The summed E-state index contributed by atoms with van der Waals surface area (Å²) in [5, 5.41) is 16.4. The SMILES string of the molecule is CCCCCNC(=O)[C@@]1(C)CCC[C@]2(C)c3cc(OC(=O)CCCNCCCCNCCCNC(=O)Oc4ccc5c(c4)[C@@]4(C)CCC[C@](C)(C(=O)NCCCCC)[C@@H]4CC5)ccc3CC[C@@H]12. The average Bonchev–Trinajstić information content (AvgIpc) is 3.30. The molecule has 372 valence electrons. The molecule has 6 rings (SSSR count). The topological polar surface area (TPSA) is 147 Å². The van der Waals surface area contributed by atoms with Crippen LogP contribution in [0.2, 0.25) is 0 Å². The molecule has 0 heterocycles. The van der Waals surface area contributed by atoms with Crippen LogP contribution in [0.1, 0.15) is 186 Å². The first kappa shape index (κ1) is 52.4. The van der Waals surface area contributed by atoms with Crippen LogP contribution < -0.4 is 36.1 Å². The summed E-state index contributed by atoms with van der Waals surface area (Å²) in [6.45, 7) is 18.8. The second kappa shape index (κ2) is 24.5. The van der Waals surface area contributed by atoms with Crippen LogP contribution in [0.5, 0.6) is 11.5 Å². The molecule has 2 fully saturated rings. The van der Waals surface area contributed by atoms with E-state index < -0.39 is 16.9 Å². The molecule has 2 aromatic carbocycles. The third-order valence-corrected chi connectivity index (χ3v) is 16.8. The van der Waals surface area contributed by atoms with Gasteiger partial charge in [0.1, 0.15) is 11.5 Å². The molecule has 67 heavy (non-hydrogen) atoms. The minimum Gasteiger partial charge on any atom is -0.427 e. The molecule has 4 aliphatic carbocycles. The van der Waals surface area contributed by atoms with Crippen LogP contribution in [0.25, 0.3) is 0 Å². The van der Waals surface area contributed by atoms with Crippen LogP contribution in [-0.4, -0.2) is 69.7 Å². The molecule has 5 N–H and O–H groups in total. The van der Waals surface area contributed by atoms with Crippen LogP contribution in [0, 0.1) is 22.7 Å². The zero-order chi connectivity index (χ0) is 47.9. The smallest absolute Gasteiger partial charge is 0.412 e. The Morgan fingerprint density at radius 2 is 0.985 bits per heavy atom. The lowest BCUT2D eigenvalue weighted by atomic mass is 9.49. The van der Waals surface area contributed by atoms with E-state index in [1.165, 1.54) is 22.3 Å². The van der Waals surface area contributed by atoms with Crippen molar-refractivity contribution >= 4 is 23.9 Å². The molecule has 11 nitrogen and oxygen atoms in total. The fraction of sp³-hybridized carbons (Fsp3) is 0.714. The molecular weight excluding hydrogens is 839 g/mol. The molecular formula is C56H87N5O6. The van der Waals surface area contributed by atoms with Gasteiger partial charge in [-0.05, 0) is 185 Å². The van der Waals surface area contributed by atoms with Crippen LogP contribution in [0.15, 0.2) is 36.4 Å². The number of nitrogens with one attached hydrogen (secondary N) is 5. The van der Waals surface area contributed by atoms with Crippen LogP contribution in [0.3, 0.4) is 0 Å². The molecule has 0 aromatic heterocycles. The molecule has 3 amide bonds. The normalized spacial score (nSPS) is 26.2. The molecule has 2 saturated carbocycles. The van der Waals surface area contributed by atoms with E-state index in [9.17, 15) is 19.2 Å². The van der Waals surface area contributed by atoms with E-state index in [2.05, 4.69) is 92.4 Å². The molecule has 2 aromatic rings. The summed E-state index contributed by atoms with van der Waals surface area (Å²) in [6.07, 6.45) is 19.9. The Morgan fingerprint density at radius 3 is 1.49 bits per heavy atom. The highest BCUT2D eigenvalue weighted by Crippen LogP contribution is 2.59. The Balaban J connectivity index is 0.818. The van der Waals surface area contributed by atoms with E-state index in [0.717, 1.165) is 161 Å². The average molecular weight is 926 g/mol. The molecule has 11 heteroatoms. The fourth-order valence-corrected chi connectivity index (χ4v) is 12.9. The van der Waals surface area contributed by atoms with E-state index >= 15 is 0 Å². The van der Waals surface area contributed by atoms with Gasteiger partial charge in [0.25, 0.3) is 0 Å². The standard InChI is InChI=1S/C56H87N5O6/c1-7-9-11-36-59-50(63)55(5)30-16-28-53(3)45-39-43(24-20-41(45)22-26-47(53)55)66-49(62)19-15-34-57-32-13-14-33-58-35-18-38-61-52(65)67-44-25-21-42-23-27-48-54(4,46(42)40-44)29-17-31-56(48,6)51(64)60-37-12-10-8-2/h20-21,24-25,39-40,47-48,57-58H,7-19,22-23,26-38H2,1-6H3,(H,59,63)(H,60,64)(H,61,65)/t47-,48-,53-,54-,55+,56+/m1/s1. The Labute approximate surface area is 403 Å². The van der Waals surface area contributed by atoms with E-state index in [1.807, 2.05) is 12.1 Å². The minimum absolute atomic E-state index is 0.126. The molecule has 0 spiro atoms. The number of fused-ring (bicyclic) bond motifs is 6. The van der Waals surface area contributed by atoms with Crippen molar-refractivity contribution in [1.29, 1.82) is 0 Å². The number of amides is 3. The highest BCUT2D eigenvalue weighted by molar-refractivity contribution is 5.84. The van der Waals surface area contributed by atoms with Gasteiger partial charge in [0.2, 0.25) is 11.8 Å². The number of aryl methyl sites for hydroxylation is 2. The molecule has 0 saturated heterocycles. The summed E-state index contributed by atoms with van der Waals surface area (Å²) in [5.41, 5.74) is 4.05. The van der Waals surface area contributed by atoms with Gasteiger partial charge in [0, 0.05) is 26.1 Å². The number of benzene rings is 2. The Hall–Kier alpha value is -3.96. The van der Waals surface area contributed by atoms with Crippen molar-refractivity contribution in [2.45, 2.75) is 187 Å². The van der Waals surface area contributed by atoms with Crippen molar-refractivity contribution in [2.24, 2.45) is 22.7 Å². The zero-order valence-corrected chi connectivity index (χ0v) is 42.4. The van der Waals surface area contributed by atoms with Gasteiger partial charge in [-0.1, -0.05) is 92.2 Å². The van der Waals surface area contributed by atoms with Gasteiger partial charge in [-0.25, -0.2) is 4.79 Å². The summed E-state index contributed by atoms with van der Waals surface area (Å²) in [7, 11) is 0. The summed E-state index contributed by atoms with van der Waals surface area (Å²) in [5.74, 6) is 1.86. The number of ether oxygens (including phenoxy) is 2. The first-order valence-electron chi connectivity index (χ1n) is 26.7.